The molecule has 2 heterocycles. The van der Waals surface area contributed by atoms with E-state index in [2.05, 4.69) is 80.3 Å². The molecular formula is C23H24N4S2. The van der Waals surface area contributed by atoms with Crippen LogP contribution in [0.3, 0.4) is 0 Å². The molecule has 2 aromatic heterocycles. The van der Waals surface area contributed by atoms with Crippen molar-refractivity contribution in [1.82, 2.24) is 19.5 Å². The number of rotatable bonds is 7. The van der Waals surface area contributed by atoms with Crippen molar-refractivity contribution in [3.8, 4) is 0 Å². The molecule has 1 aliphatic rings. The van der Waals surface area contributed by atoms with E-state index in [1.165, 1.54) is 24.0 Å². The Labute approximate surface area is 180 Å². The van der Waals surface area contributed by atoms with E-state index in [-0.39, 0.29) is 0 Å². The van der Waals surface area contributed by atoms with Crippen molar-refractivity contribution >= 4 is 23.5 Å². The van der Waals surface area contributed by atoms with Crippen molar-refractivity contribution in [2.45, 2.75) is 40.4 Å². The third-order valence-corrected chi connectivity index (χ3v) is 6.48. The van der Waals surface area contributed by atoms with Crippen molar-refractivity contribution < 1.29 is 0 Å². The van der Waals surface area contributed by atoms with Crippen molar-refractivity contribution in [2.75, 3.05) is 0 Å². The fourth-order valence-corrected chi connectivity index (χ4v) is 4.36. The summed E-state index contributed by atoms with van der Waals surface area (Å²) in [5.74, 6) is 1.99. The third kappa shape index (κ3) is 6.54. The molecule has 1 fully saturated rings. The van der Waals surface area contributed by atoms with Gasteiger partial charge >= 0.3 is 0 Å². The Balaban J connectivity index is 0.000000145. The van der Waals surface area contributed by atoms with E-state index < -0.39 is 0 Å². The fourth-order valence-electron chi connectivity index (χ4n) is 2.75. The second-order valence-electron chi connectivity index (χ2n) is 6.85. The average molecular weight is 421 g/mol. The van der Waals surface area contributed by atoms with Crippen LogP contribution in [0.15, 0.2) is 95.8 Å². The van der Waals surface area contributed by atoms with Crippen LogP contribution in [0.5, 0.6) is 0 Å². The van der Waals surface area contributed by atoms with Crippen molar-refractivity contribution in [3.63, 3.8) is 0 Å². The number of imidazole rings is 2. The van der Waals surface area contributed by atoms with E-state index >= 15 is 0 Å². The van der Waals surface area contributed by atoms with E-state index in [9.17, 15) is 0 Å². The predicted molar refractivity (Wildman–Crippen MR) is 121 cm³/mol. The highest BCUT2D eigenvalue weighted by Gasteiger charge is 2.23. The summed E-state index contributed by atoms with van der Waals surface area (Å²) < 4.78 is 2.24. The molecule has 0 unspecified atom stereocenters. The maximum Gasteiger partial charge on any atom is 0.114 e. The van der Waals surface area contributed by atoms with E-state index in [4.69, 9.17) is 0 Å². The first-order valence-corrected chi connectivity index (χ1v) is 11.7. The SMILES string of the molecule is c1ccc(CSc2cn(C3CC3)cn2)cc1.c1ccc(CSc2cnc[nH]2)cc1. The summed E-state index contributed by atoms with van der Waals surface area (Å²) in [4.78, 5) is 11.4. The Hall–Kier alpha value is -2.44. The lowest BCUT2D eigenvalue weighted by atomic mass is 10.2. The van der Waals surface area contributed by atoms with E-state index in [0.717, 1.165) is 27.6 Å². The normalized spacial score (nSPS) is 13.0. The molecule has 0 atom stereocenters. The molecule has 0 aliphatic heterocycles. The minimum atomic E-state index is 0.735. The first kappa shape index (κ1) is 19.9. The summed E-state index contributed by atoms with van der Waals surface area (Å²) in [5, 5.41) is 2.25. The molecule has 0 bridgehead atoms. The average Bonchev–Trinajstić information content (AvgIpc) is 3.29. The molecule has 1 aliphatic carbocycles. The van der Waals surface area contributed by atoms with Crippen LogP contribution < -0.4 is 0 Å². The van der Waals surface area contributed by atoms with Gasteiger partial charge in [0, 0.05) is 23.7 Å². The van der Waals surface area contributed by atoms with Crippen LogP contribution in [0.25, 0.3) is 0 Å². The number of benzene rings is 2. The zero-order valence-corrected chi connectivity index (χ0v) is 17.8. The molecule has 0 amide bonds. The zero-order chi connectivity index (χ0) is 19.7. The molecule has 0 saturated heterocycles. The Morgan fingerprint density at radius 3 is 2.14 bits per heavy atom. The van der Waals surface area contributed by atoms with Crippen molar-refractivity contribution in [3.05, 3.63) is 96.8 Å². The number of hydrogen-bond donors (Lipinski definition) is 1. The first-order chi connectivity index (χ1) is 14.4. The van der Waals surface area contributed by atoms with Crippen LogP contribution >= 0.6 is 23.5 Å². The highest BCUT2D eigenvalue weighted by molar-refractivity contribution is 7.98. The zero-order valence-electron chi connectivity index (χ0n) is 16.1. The number of H-pyrrole nitrogens is 1. The number of nitrogens with one attached hydrogen (secondary N) is 1. The van der Waals surface area contributed by atoms with E-state index in [0.29, 0.717) is 0 Å². The van der Waals surface area contributed by atoms with Gasteiger partial charge in [0.1, 0.15) is 5.03 Å². The molecule has 0 radical (unpaired) electrons. The number of nitrogens with zero attached hydrogens (tertiary/aromatic N) is 3. The number of thioether (sulfide) groups is 2. The third-order valence-electron chi connectivity index (χ3n) is 4.49. The second-order valence-corrected chi connectivity index (χ2v) is 8.87. The van der Waals surface area contributed by atoms with Crippen LogP contribution in [0, 0.1) is 0 Å². The lowest BCUT2D eigenvalue weighted by Gasteiger charge is -1.98. The lowest BCUT2D eigenvalue weighted by molar-refractivity contribution is 0.739. The second kappa shape index (κ2) is 10.4. The van der Waals surface area contributed by atoms with Gasteiger partial charge in [-0.3, -0.25) is 0 Å². The molecule has 1 N–H and O–H groups in total. The van der Waals surface area contributed by atoms with Gasteiger partial charge in [0.15, 0.2) is 0 Å². The van der Waals surface area contributed by atoms with Gasteiger partial charge in [-0.25, -0.2) is 9.97 Å². The fraction of sp³-hybridized carbons (Fsp3) is 0.217. The molecule has 6 heteroatoms. The maximum atomic E-state index is 4.42. The summed E-state index contributed by atoms with van der Waals surface area (Å²) in [7, 11) is 0. The van der Waals surface area contributed by atoms with E-state index in [1.807, 2.05) is 30.4 Å². The summed E-state index contributed by atoms with van der Waals surface area (Å²) in [5.41, 5.74) is 2.69. The molecule has 1 saturated carbocycles. The predicted octanol–water partition coefficient (Wildman–Crippen LogP) is 6.21. The molecule has 5 rings (SSSR count). The van der Waals surface area contributed by atoms with Crippen molar-refractivity contribution in [1.29, 1.82) is 0 Å². The lowest BCUT2D eigenvalue weighted by Crippen LogP contribution is -1.86. The molecular weight excluding hydrogens is 396 g/mol. The van der Waals surface area contributed by atoms with Gasteiger partial charge in [-0.1, -0.05) is 60.7 Å². The van der Waals surface area contributed by atoms with Crippen LogP contribution in [-0.4, -0.2) is 19.5 Å². The Morgan fingerprint density at radius 2 is 1.55 bits per heavy atom. The minimum absolute atomic E-state index is 0.735. The van der Waals surface area contributed by atoms with Gasteiger partial charge in [-0.2, -0.15) is 0 Å². The summed E-state index contributed by atoms with van der Waals surface area (Å²) in [6.07, 6.45) is 10.3. The van der Waals surface area contributed by atoms with Crippen molar-refractivity contribution in [2.24, 2.45) is 0 Å². The van der Waals surface area contributed by atoms with Crippen LogP contribution in [0.1, 0.15) is 30.0 Å². The minimum Gasteiger partial charge on any atom is -0.340 e. The molecule has 2 aromatic carbocycles. The van der Waals surface area contributed by atoms with Crippen LogP contribution in [0.4, 0.5) is 0 Å². The number of hydrogen-bond acceptors (Lipinski definition) is 4. The standard InChI is InChI=1S/C13H14N2S.C10H10N2S/c1-2-4-11(5-3-1)9-16-13-8-15(10-14-13)12-6-7-12;1-2-4-9(5-3-1)7-13-10-6-11-8-12-10/h1-5,8,10,12H,6-7,9H2;1-6,8H,7H2,(H,11,12). The molecule has 148 valence electrons. The summed E-state index contributed by atoms with van der Waals surface area (Å²) in [6, 6.07) is 21.7. The van der Waals surface area contributed by atoms with Crippen LogP contribution in [0.2, 0.25) is 0 Å². The monoisotopic (exact) mass is 420 g/mol. The molecule has 4 nitrogen and oxygen atoms in total. The number of aromatic amines is 1. The smallest absolute Gasteiger partial charge is 0.114 e. The van der Waals surface area contributed by atoms with Crippen LogP contribution in [-0.2, 0) is 11.5 Å². The Kier molecular flexibility index (Phi) is 7.10. The Morgan fingerprint density at radius 1 is 0.897 bits per heavy atom. The topological polar surface area (TPSA) is 46.5 Å². The quantitative estimate of drug-likeness (QED) is 0.361. The van der Waals surface area contributed by atoms with Gasteiger partial charge in [-0.05, 0) is 24.0 Å². The molecule has 29 heavy (non-hydrogen) atoms. The number of aromatic nitrogens is 4. The first-order valence-electron chi connectivity index (χ1n) is 9.72. The maximum absolute atomic E-state index is 4.42. The summed E-state index contributed by atoms with van der Waals surface area (Å²) >= 11 is 3.57. The largest absolute Gasteiger partial charge is 0.340 e. The highest BCUT2D eigenvalue weighted by Crippen LogP contribution is 2.35. The van der Waals surface area contributed by atoms with Gasteiger partial charge in [0.2, 0.25) is 0 Å². The molecule has 4 aromatic rings. The highest BCUT2D eigenvalue weighted by atomic mass is 32.2. The van der Waals surface area contributed by atoms with Gasteiger partial charge in [-0.15, -0.1) is 23.5 Å². The van der Waals surface area contributed by atoms with Gasteiger partial charge < -0.3 is 9.55 Å². The van der Waals surface area contributed by atoms with Gasteiger partial charge in [0.05, 0.1) is 23.9 Å². The van der Waals surface area contributed by atoms with E-state index in [1.54, 1.807) is 18.1 Å². The summed E-state index contributed by atoms with van der Waals surface area (Å²) in [6.45, 7) is 0. The Bertz CT molecular complexity index is 965. The molecule has 0 spiro atoms. The van der Waals surface area contributed by atoms with Gasteiger partial charge in [0.25, 0.3) is 0 Å².